The van der Waals surface area contributed by atoms with Crippen LogP contribution in [0.1, 0.15) is 18.7 Å². The van der Waals surface area contributed by atoms with Crippen molar-refractivity contribution >= 4 is 17.5 Å². The van der Waals surface area contributed by atoms with E-state index in [1.165, 1.54) is 0 Å². The minimum atomic E-state index is 0.0479. The number of likely N-dealkylation sites (tertiary alicyclic amines) is 1. The highest BCUT2D eigenvalue weighted by Gasteiger charge is 2.25. The molecular formula is C17H20ClN3O2. The van der Waals surface area contributed by atoms with Crippen LogP contribution in [-0.4, -0.2) is 35.9 Å². The Kier molecular flexibility index (Phi) is 4.98. The van der Waals surface area contributed by atoms with Crippen LogP contribution in [0.4, 0.5) is 0 Å². The van der Waals surface area contributed by atoms with Crippen molar-refractivity contribution in [1.29, 1.82) is 0 Å². The summed E-state index contributed by atoms with van der Waals surface area (Å²) in [7, 11) is 1.69. The number of aromatic nitrogens is 1. The summed E-state index contributed by atoms with van der Waals surface area (Å²) in [5.41, 5.74) is 0.842. The summed E-state index contributed by atoms with van der Waals surface area (Å²) in [4.78, 5) is 18.4. The monoisotopic (exact) mass is 333 g/mol. The zero-order valence-electron chi connectivity index (χ0n) is 13.1. The molecule has 1 aliphatic rings. The van der Waals surface area contributed by atoms with Gasteiger partial charge in [0.2, 0.25) is 11.8 Å². The first-order valence-electron chi connectivity index (χ1n) is 7.81. The highest BCUT2D eigenvalue weighted by atomic mass is 35.5. The first-order valence-corrected chi connectivity index (χ1v) is 8.18. The molecule has 1 saturated heterocycles. The minimum absolute atomic E-state index is 0.0479. The van der Waals surface area contributed by atoms with Gasteiger partial charge in [-0.05, 0) is 31.5 Å². The Morgan fingerprint density at radius 3 is 3.09 bits per heavy atom. The highest BCUT2D eigenvalue weighted by Crippen LogP contribution is 2.28. The summed E-state index contributed by atoms with van der Waals surface area (Å²) in [6.45, 7) is 2.30. The molecule has 2 heterocycles. The predicted molar refractivity (Wildman–Crippen MR) is 89.0 cm³/mol. The van der Waals surface area contributed by atoms with Gasteiger partial charge in [-0.1, -0.05) is 23.7 Å². The van der Waals surface area contributed by atoms with E-state index < -0.39 is 0 Å². The second kappa shape index (κ2) is 7.15. The van der Waals surface area contributed by atoms with Gasteiger partial charge in [-0.15, -0.1) is 0 Å². The van der Waals surface area contributed by atoms with E-state index in [0.717, 1.165) is 31.5 Å². The number of hydrogen-bond acceptors (Lipinski definition) is 4. The fourth-order valence-electron chi connectivity index (χ4n) is 2.98. The molecule has 0 aliphatic carbocycles. The lowest BCUT2D eigenvalue weighted by atomic mass is 9.97. The molecule has 1 aromatic heterocycles. The zero-order valence-corrected chi connectivity index (χ0v) is 13.8. The number of halogens is 1. The molecule has 6 heteroatoms. The Bertz CT molecular complexity index is 686. The molecule has 1 fully saturated rings. The number of rotatable bonds is 4. The van der Waals surface area contributed by atoms with E-state index in [9.17, 15) is 4.79 Å². The molecule has 3 rings (SSSR count). The number of oxazole rings is 1. The Labute approximate surface area is 140 Å². The van der Waals surface area contributed by atoms with Crippen molar-refractivity contribution in [2.24, 2.45) is 5.92 Å². The number of amides is 1. The zero-order chi connectivity index (χ0) is 16.2. The van der Waals surface area contributed by atoms with Gasteiger partial charge < -0.3 is 9.73 Å². The Morgan fingerprint density at radius 1 is 1.48 bits per heavy atom. The van der Waals surface area contributed by atoms with Crippen molar-refractivity contribution in [2.45, 2.75) is 19.4 Å². The van der Waals surface area contributed by atoms with Crippen LogP contribution < -0.4 is 5.32 Å². The first kappa shape index (κ1) is 16.0. The minimum Gasteiger partial charge on any atom is -0.439 e. The largest absolute Gasteiger partial charge is 0.439 e. The Hall–Kier alpha value is -1.85. The third-order valence-corrected chi connectivity index (χ3v) is 4.50. The summed E-state index contributed by atoms with van der Waals surface area (Å²) in [5.74, 6) is 1.48. The van der Waals surface area contributed by atoms with Gasteiger partial charge >= 0.3 is 0 Å². The van der Waals surface area contributed by atoms with Crippen LogP contribution in [0, 0.1) is 5.92 Å². The molecule has 23 heavy (non-hydrogen) atoms. The molecule has 1 unspecified atom stereocenters. The molecule has 0 bridgehead atoms. The topological polar surface area (TPSA) is 58.4 Å². The van der Waals surface area contributed by atoms with Gasteiger partial charge in [-0.2, -0.15) is 0 Å². The van der Waals surface area contributed by atoms with Crippen molar-refractivity contribution < 1.29 is 9.21 Å². The van der Waals surface area contributed by atoms with E-state index in [2.05, 4.69) is 15.2 Å². The summed E-state index contributed by atoms with van der Waals surface area (Å²) in [6.07, 6.45) is 3.65. The summed E-state index contributed by atoms with van der Waals surface area (Å²) >= 11 is 6.19. The number of benzene rings is 1. The maximum atomic E-state index is 11.8. The molecular weight excluding hydrogens is 314 g/mol. The van der Waals surface area contributed by atoms with E-state index in [0.29, 0.717) is 23.2 Å². The average Bonchev–Trinajstić information content (AvgIpc) is 3.03. The molecule has 1 aromatic carbocycles. The number of carbonyl (C=O) groups excluding carboxylic acids is 1. The van der Waals surface area contributed by atoms with Crippen molar-refractivity contribution in [2.75, 3.05) is 20.1 Å². The summed E-state index contributed by atoms with van der Waals surface area (Å²) in [5, 5.41) is 3.38. The summed E-state index contributed by atoms with van der Waals surface area (Å²) < 4.78 is 5.84. The SMILES string of the molecule is CNC(=O)C1CCCN(Cc2ncc(-c3ccccc3Cl)o2)C1. The van der Waals surface area contributed by atoms with Gasteiger partial charge in [0.15, 0.2) is 5.76 Å². The standard InChI is InChI=1S/C17H20ClN3O2/c1-19-17(22)12-5-4-8-21(10-12)11-16-20-9-15(23-16)13-6-2-3-7-14(13)18/h2-3,6-7,9,12H,4-5,8,10-11H2,1H3,(H,19,22). The van der Waals surface area contributed by atoms with Gasteiger partial charge in [-0.3, -0.25) is 9.69 Å². The fraction of sp³-hybridized carbons (Fsp3) is 0.412. The van der Waals surface area contributed by atoms with Crippen LogP contribution in [0.3, 0.4) is 0 Å². The van der Waals surface area contributed by atoms with Crippen LogP contribution in [-0.2, 0) is 11.3 Å². The lowest BCUT2D eigenvalue weighted by Gasteiger charge is -2.30. The van der Waals surface area contributed by atoms with Crippen LogP contribution in [0.5, 0.6) is 0 Å². The van der Waals surface area contributed by atoms with E-state index in [-0.39, 0.29) is 11.8 Å². The van der Waals surface area contributed by atoms with Gasteiger partial charge in [0.25, 0.3) is 0 Å². The second-order valence-electron chi connectivity index (χ2n) is 5.79. The highest BCUT2D eigenvalue weighted by molar-refractivity contribution is 6.33. The summed E-state index contributed by atoms with van der Waals surface area (Å²) in [6, 6.07) is 7.55. The van der Waals surface area contributed by atoms with Crippen molar-refractivity contribution in [3.63, 3.8) is 0 Å². The van der Waals surface area contributed by atoms with Crippen LogP contribution in [0.2, 0.25) is 5.02 Å². The molecule has 1 atom stereocenters. The predicted octanol–water partition coefficient (Wildman–Crippen LogP) is 2.95. The van der Waals surface area contributed by atoms with E-state index in [1.54, 1.807) is 13.2 Å². The van der Waals surface area contributed by atoms with Crippen molar-refractivity contribution in [1.82, 2.24) is 15.2 Å². The Balaban J connectivity index is 1.67. The Morgan fingerprint density at radius 2 is 2.30 bits per heavy atom. The van der Waals surface area contributed by atoms with E-state index in [4.69, 9.17) is 16.0 Å². The number of nitrogens with zero attached hydrogens (tertiary/aromatic N) is 2. The lowest BCUT2D eigenvalue weighted by molar-refractivity contribution is -0.126. The maximum Gasteiger partial charge on any atom is 0.224 e. The van der Waals surface area contributed by atoms with Crippen molar-refractivity contribution in [3.8, 4) is 11.3 Å². The van der Waals surface area contributed by atoms with Crippen LogP contribution >= 0.6 is 11.6 Å². The van der Waals surface area contributed by atoms with Gasteiger partial charge in [-0.25, -0.2) is 4.98 Å². The third-order valence-electron chi connectivity index (χ3n) is 4.17. The van der Waals surface area contributed by atoms with Gasteiger partial charge in [0, 0.05) is 19.2 Å². The lowest BCUT2D eigenvalue weighted by Crippen LogP contribution is -2.41. The van der Waals surface area contributed by atoms with Crippen LogP contribution in [0.25, 0.3) is 11.3 Å². The molecule has 0 radical (unpaired) electrons. The number of piperidine rings is 1. The van der Waals surface area contributed by atoms with Gasteiger partial charge in [0.05, 0.1) is 23.7 Å². The molecule has 0 saturated carbocycles. The molecule has 122 valence electrons. The van der Waals surface area contributed by atoms with Gasteiger partial charge in [0.1, 0.15) is 0 Å². The fourth-order valence-corrected chi connectivity index (χ4v) is 3.21. The van der Waals surface area contributed by atoms with E-state index in [1.807, 2.05) is 24.3 Å². The molecule has 5 nitrogen and oxygen atoms in total. The molecule has 1 aliphatic heterocycles. The molecule has 1 N–H and O–H groups in total. The van der Waals surface area contributed by atoms with Crippen molar-refractivity contribution in [3.05, 3.63) is 41.4 Å². The second-order valence-corrected chi connectivity index (χ2v) is 6.19. The third kappa shape index (κ3) is 3.74. The quantitative estimate of drug-likeness (QED) is 0.934. The smallest absolute Gasteiger partial charge is 0.224 e. The number of nitrogens with one attached hydrogen (secondary N) is 1. The molecule has 2 aromatic rings. The number of hydrogen-bond donors (Lipinski definition) is 1. The molecule has 1 amide bonds. The average molecular weight is 334 g/mol. The molecule has 0 spiro atoms. The number of carbonyl (C=O) groups is 1. The maximum absolute atomic E-state index is 11.8. The van der Waals surface area contributed by atoms with E-state index >= 15 is 0 Å². The normalized spacial score (nSPS) is 18.8. The first-order chi connectivity index (χ1) is 11.2. The van der Waals surface area contributed by atoms with Crippen LogP contribution in [0.15, 0.2) is 34.9 Å².